The van der Waals surface area contributed by atoms with Gasteiger partial charge in [-0.2, -0.15) is 0 Å². The molecule has 2 aromatic rings. The van der Waals surface area contributed by atoms with Gasteiger partial charge in [-0.1, -0.05) is 48.0 Å². The molecule has 1 atom stereocenters. The second kappa shape index (κ2) is 5.36. The molecule has 2 aromatic carbocycles. The second-order valence-corrected chi connectivity index (χ2v) is 5.10. The molecular weight excluding hydrogens is 218 g/mol. The summed E-state index contributed by atoms with van der Waals surface area (Å²) in [4.78, 5) is 0. The highest BCUT2D eigenvalue weighted by atomic mass is 14.6. The van der Waals surface area contributed by atoms with Gasteiger partial charge in [0.1, 0.15) is 0 Å². The summed E-state index contributed by atoms with van der Waals surface area (Å²) in [5.74, 6) is 0. The minimum Gasteiger partial charge on any atom is -0.324 e. The van der Waals surface area contributed by atoms with Crippen molar-refractivity contribution < 1.29 is 0 Å². The Kier molecular flexibility index (Phi) is 3.83. The molecule has 0 saturated carbocycles. The van der Waals surface area contributed by atoms with Crippen LogP contribution in [0.2, 0.25) is 0 Å². The molecule has 0 aromatic heterocycles. The van der Waals surface area contributed by atoms with E-state index in [1.54, 1.807) is 0 Å². The Morgan fingerprint density at radius 2 is 1.56 bits per heavy atom. The Balaban J connectivity index is 2.24. The summed E-state index contributed by atoms with van der Waals surface area (Å²) in [6.07, 6.45) is 0.905. The van der Waals surface area contributed by atoms with Crippen LogP contribution in [0, 0.1) is 20.8 Å². The van der Waals surface area contributed by atoms with Crippen LogP contribution >= 0.6 is 0 Å². The van der Waals surface area contributed by atoms with Crippen LogP contribution in [0.1, 0.15) is 33.9 Å². The van der Waals surface area contributed by atoms with Crippen molar-refractivity contribution in [2.75, 3.05) is 0 Å². The van der Waals surface area contributed by atoms with E-state index in [2.05, 4.69) is 63.2 Å². The molecule has 0 heterocycles. The third-order valence-corrected chi connectivity index (χ3v) is 3.54. The second-order valence-electron chi connectivity index (χ2n) is 5.10. The predicted molar refractivity (Wildman–Crippen MR) is 77.7 cm³/mol. The Hall–Kier alpha value is -1.60. The third kappa shape index (κ3) is 2.80. The molecule has 94 valence electrons. The molecule has 2 rings (SSSR count). The highest BCUT2D eigenvalue weighted by Gasteiger charge is 2.10. The SMILES string of the molecule is Cc1cccc(C(N)Cc2c(C)cccc2C)c1. The summed E-state index contributed by atoms with van der Waals surface area (Å²) in [5, 5.41) is 0. The molecule has 0 bridgehead atoms. The van der Waals surface area contributed by atoms with Gasteiger partial charge < -0.3 is 5.73 Å². The van der Waals surface area contributed by atoms with Crippen molar-refractivity contribution in [2.24, 2.45) is 5.73 Å². The van der Waals surface area contributed by atoms with E-state index in [0.29, 0.717) is 0 Å². The van der Waals surface area contributed by atoms with Crippen molar-refractivity contribution in [2.45, 2.75) is 33.2 Å². The molecule has 1 heteroatoms. The van der Waals surface area contributed by atoms with E-state index in [1.807, 2.05) is 0 Å². The number of benzene rings is 2. The van der Waals surface area contributed by atoms with Crippen LogP contribution in [-0.2, 0) is 6.42 Å². The molecule has 1 unspecified atom stereocenters. The zero-order valence-corrected chi connectivity index (χ0v) is 11.4. The van der Waals surface area contributed by atoms with Crippen LogP contribution in [0.5, 0.6) is 0 Å². The Bertz CT molecular complexity index is 523. The predicted octanol–water partition coefficient (Wildman–Crippen LogP) is 3.85. The lowest BCUT2D eigenvalue weighted by Crippen LogP contribution is -2.14. The molecule has 0 aliphatic heterocycles. The molecule has 0 radical (unpaired) electrons. The van der Waals surface area contributed by atoms with E-state index >= 15 is 0 Å². The largest absolute Gasteiger partial charge is 0.324 e. The zero-order chi connectivity index (χ0) is 13.1. The third-order valence-electron chi connectivity index (χ3n) is 3.54. The number of aryl methyl sites for hydroxylation is 3. The van der Waals surface area contributed by atoms with Gasteiger partial charge in [-0.25, -0.2) is 0 Å². The standard InChI is InChI=1S/C17H21N/c1-12-6-4-9-15(10-12)17(18)11-16-13(2)7-5-8-14(16)3/h4-10,17H,11,18H2,1-3H3. The summed E-state index contributed by atoms with van der Waals surface area (Å²) in [6, 6.07) is 15.0. The lowest BCUT2D eigenvalue weighted by Gasteiger charge is -2.16. The van der Waals surface area contributed by atoms with Gasteiger partial charge in [-0.3, -0.25) is 0 Å². The smallest absolute Gasteiger partial charge is 0.0336 e. The molecule has 0 amide bonds. The molecule has 0 fully saturated rings. The van der Waals surface area contributed by atoms with Crippen molar-refractivity contribution in [1.82, 2.24) is 0 Å². The molecule has 2 N–H and O–H groups in total. The van der Waals surface area contributed by atoms with Crippen LogP contribution < -0.4 is 5.73 Å². The Morgan fingerprint density at radius 3 is 2.17 bits per heavy atom. The van der Waals surface area contributed by atoms with E-state index in [-0.39, 0.29) is 6.04 Å². The lowest BCUT2D eigenvalue weighted by atomic mass is 9.93. The fourth-order valence-electron chi connectivity index (χ4n) is 2.41. The van der Waals surface area contributed by atoms with E-state index in [0.717, 1.165) is 6.42 Å². The Labute approximate surface area is 110 Å². The van der Waals surface area contributed by atoms with Gasteiger partial charge in [-0.05, 0) is 49.4 Å². The van der Waals surface area contributed by atoms with Crippen molar-refractivity contribution in [3.05, 3.63) is 70.3 Å². The van der Waals surface area contributed by atoms with Crippen molar-refractivity contribution in [3.8, 4) is 0 Å². The molecule has 1 nitrogen and oxygen atoms in total. The summed E-state index contributed by atoms with van der Waals surface area (Å²) in [6.45, 7) is 6.42. The minimum atomic E-state index is 0.0738. The van der Waals surface area contributed by atoms with Gasteiger partial charge in [0.15, 0.2) is 0 Å². The van der Waals surface area contributed by atoms with Crippen LogP contribution in [0.3, 0.4) is 0 Å². The molecule has 0 aliphatic carbocycles. The normalized spacial score (nSPS) is 12.4. The highest BCUT2D eigenvalue weighted by Crippen LogP contribution is 2.21. The monoisotopic (exact) mass is 239 g/mol. The van der Waals surface area contributed by atoms with Crippen LogP contribution in [-0.4, -0.2) is 0 Å². The van der Waals surface area contributed by atoms with E-state index < -0.39 is 0 Å². The topological polar surface area (TPSA) is 26.0 Å². The fraction of sp³-hybridized carbons (Fsp3) is 0.294. The number of hydrogen-bond donors (Lipinski definition) is 1. The maximum Gasteiger partial charge on any atom is 0.0336 e. The average Bonchev–Trinajstić information content (AvgIpc) is 2.34. The maximum atomic E-state index is 6.33. The summed E-state index contributed by atoms with van der Waals surface area (Å²) >= 11 is 0. The molecule has 0 aliphatic rings. The first kappa shape index (κ1) is 12.8. The van der Waals surface area contributed by atoms with Gasteiger partial charge in [-0.15, -0.1) is 0 Å². The van der Waals surface area contributed by atoms with Crippen molar-refractivity contribution in [1.29, 1.82) is 0 Å². The molecule has 18 heavy (non-hydrogen) atoms. The number of rotatable bonds is 3. The molecule has 0 spiro atoms. The van der Waals surface area contributed by atoms with E-state index in [4.69, 9.17) is 5.73 Å². The van der Waals surface area contributed by atoms with E-state index in [1.165, 1.54) is 27.8 Å². The van der Waals surface area contributed by atoms with E-state index in [9.17, 15) is 0 Å². The summed E-state index contributed by atoms with van der Waals surface area (Å²) in [5.41, 5.74) is 12.9. The van der Waals surface area contributed by atoms with Crippen molar-refractivity contribution in [3.63, 3.8) is 0 Å². The summed E-state index contributed by atoms with van der Waals surface area (Å²) < 4.78 is 0. The van der Waals surface area contributed by atoms with Gasteiger partial charge in [0.25, 0.3) is 0 Å². The number of nitrogens with two attached hydrogens (primary N) is 1. The quantitative estimate of drug-likeness (QED) is 0.865. The average molecular weight is 239 g/mol. The van der Waals surface area contributed by atoms with Gasteiger partial charge >= 0.3 is 0 Å². The Morgan fingerprint density at radius 1 is 0.944 bits per heavy atom. The lowest BCUT2D eigenvalue weighted by molar-refractivity contribution is 0.715. The first-order valence-electron chi connectivity index (χ1n) is 6.45. The van der Waals surface area contributed by atoms with Crippen LogP contribution in [0.4, 0.5) is 0 Å². The van der Waals surface area contributed by atoms with Gasteiger partial charge in [0.05, 0.1) is 0 Å². The first-order valence-corrected chi connectivity index (χ1v) is 6.45. The van der Waals surface area contributed by atoms with Gasteiger partial charge in [0.2, 0.25) is 0 Å². The highest BCUT2D eigenvalue weighted by molar-refractivity contribution is 5.36. The number of hydrogen-bond acceptors (Lipinski definition) is 1. The van der Waals surface area contributed by atoms with Gasteiger partial charge in [0, 0.05) is 6.04 Å². The summed E-state index contributed by atoms with van der Waals surface area (Å²) in [7, 11) is 0. The molecule has 0 saturated heterocycles. The first-order chi connectivity index (χ1) is 8.58. The van der Waals surface area contributed by atoms with Crippen LogP contribution in [0.25, 0.3) is 0 Å². The minimum absolute atomic E-state index is 0.0738. The zero-order valence-electron chi connectivity index (χ0n) is 11.4. The molecular formula is C17H21N. The fourth-order valence-corrected chi connectivity index (χ4v) is 2.41. The maximum absolute atomic E-state index is 6.33. The van der Waals surface area contributed by atoms with Crippen molar-refractivity contribution >= 4 is 0 Å². The van der Waals surface area contributed by atoms with Crippen LogP contribution in [0.15, 0.2) is 42.5 Å².